The number of hydrogen-bond acceptors (Lipinski definition) is 5. The molecule has 3 rings (SSSR count). The highest BCUT2D eigenvalue weighted by molar-refractivity contribution is 7.92. The smallest absolute Gasteiger partial charge is 0.308 e. The Morgan fingerprint density at radius 3 is 2.28 bits per heavy atom. The van der Waals surface area contributed by atoms with Crippen LogP contribution < -0.4 is 14.5 Å². The van der Waals surface area contributed by atoms with Crippen molar-refractivity contribution in [1.29, 1.82) is 0 Å². The maximum Gasteiger partial charge on any atom is 0.308 e. The number of carbonyl (C=O) groups is 1. The minimum absolute atomic E-state index is 0.0321. The Labute approximate surface area is 192 Å². The number of sulfonamides is 1. The van der Waals surface area contributed by atoms with Crippen molar-refractivity contribution in [2.75, 3.05) is 22.4 Å². The largest absolute Gasteiger partial charge is 0.324 e. The lowest BCUT2D eigenvalue weighted by atomic mass is 9.87. The molecule has 9 heteroatoms. The van der Waals surface area contributed by atoms with E-state index >= 15 is 0 Å². The number of amides is 1. The molecule has 0 aliphatic heterocycles. The fraction of sp³-hybridized carbons (Fsp3) is 0.391. The van der Waals surface area contributed by atoms with Gasteiger partial charge in [0.05, 0.1) is 22.2 Å². The van der Waals surface area contributed by atoms with Gasteiger partial charge in [-0.1, -0.05) is 44.2 Å². The van der Waals surface area contributed by atoms with Gasteiger partial charge in [-0.25, -0.2) is 8.42 Å². The van der Waals surface area contributed by atoms with Crippen molar-refractivity contribution < 1.29 is 13.2 Å². The van der Waals surface area contributed by atoms with Gasteiger partial charge in [-0.15, -0.1) is 0 Å². The van der Waals surface area contributed by atoms with Gasteiger partial charge in [0, 0.05) is 11.7 Å². The molecule has 0 aliphatic carbocycles. The van der Waals surface area contributed by atoms with E-state index in [0.717, 1.165) is 37.7 Å². The lowest BCUT2D eigenvalue weighted by Gasteiger charge is -2.24. The Morgan fingerprint density at radius 1 is 1.12 bits per heavy atom. The number of anilines is 2. The van der Waals surface area contributed by atoms with Gasteiger partial charge in [-0.2, -0.15) is 0 Å². The molecule has 2 aromatic carbocycles. The van der Waals surface area contributed by atoms with E-state index in [0.29, 0.717) is 11.4 Å². The molecule has 1 N–H and O–H groups in total. The van der Waals surface area contributed by atoms with Crippen LogP contribution >= 0.6 is 11.3 Å². The summed E-state index contributed by atoms with van der Waals surface area (Å²) >= 11 is 1.12. The second-order valence-electron chi connectivity index (χ2n) is 9.13. The molecule has 1 heterocycles. The van der Waals surface area contributed by atoms with Gasteiger partial charge >= 0.3 is 4.87 Å². The number of fused-ring (bicyclic) bond motifs is 1. The molecule has 0 spiro atoms. The standard InChI is InChI=1S/C23H29N3O4S2/c1-15(2)26-19-12-9-17(13-20(19)31-22(26)28)24-21(27)14-25(32(6,29)30)18-10-7-16(8-11-18)23(3,4)5/h7-13,15H,14H2,1-6H3,(H,24,27). The zero-order valence-electron chi connectivity index (χ0n) is 19.2. The first-order valence-corrected chi connectivity index (χ1v) is 13.0. The van der Waals surface area contributed by atoms with E-state index in [1.54, 1.807) is 34.9 Å². The summed E-state index contributed by atoms with van der Waals surface area (Å²) in [7, 11) is -3.67. The number of nitrogens with one attached hydrogen (secondary N) is 1. The lowest BCUT2D eigenvalue weighted by molar-refractivity contribution is -0.114. The highest BCUT2D eigenvalue weighted by Gasteiger charge is 2.22. The van der Waals surface area contributed by atoms with Gasteiger partial charge in [-0.05, 0) is 55.2 Å². The van der Waals surface area contributed by atoms with Crippen LogP contribution in [0.15, 0.2) is 47.3 Å². The topological polar surface area (TPSA) is 88.5 Å². The molecule has 0 saturated carbocycles. The van der Waals surface area contributed by atoms with Gasteiger partial charge in [0.25, 0.3) is 0 Å². The Hall–Kier alpha value is -2.65. The van der Waals surface area contributed by atoms with Gasteiger partial charge in [0.15, 0.2) is 0 Å². The van der Waals surface area contributed by atoms with Gasteiger partial charge < -0.3 is 5.32 Å². The summed E-state index contributed by atoms with van der Waals surface area (Å²) in [5, 5.41) is 2.75. The summed E-state index contributed by atoms with van der Waals surface area (Å²) in [6, 6.07) is 12.5. The van der Waals surface area contributed by atoms with Crippen molar-refractivity contribution in [2.45, 2.75) is 46.1 Å². The van der Waals surface area contributed by atoms with E-state index in [1.807, 2.05) is 26.0 Å². The van der Waals surface area contributed by atoms with E-state index < -0.39 is 15.9 Å². The average molecular weight is 476 g/mol. The fourth-order valence-electron chi connectivity index (χ4n) is 3.46. The van der Waals surface area contributed by atoms with Crippen LogP contribution in [0, 0.1) is 0 Å². The van der Waals surface area contributed by atoms with Crippen molar-refractivity contribution in [1.82, 2.24) is 4.57 Å². The Bertz CT molecular complexity index is 1300. The van der Waals surface area contributed by atoms with E-state index in [-0.39, 0.29) is 22.9 Å². The van der Waals surface area contributed by atoms with Crippen LogP contribution in [0.3, 0.4) is 0 Å². The molecule has 0 fully saturated rings. The van der Waals surface area contributed by atoms with E-state index in [9.17, 15) is 18.0 Å². The summed E-state index contributed by atoms with van der Waals surface area (Å²) < 4.78 is 28.3. The second kappa shape index (κ2) is 8.71. The molecular formula is C23H29N3O4S2. The predicted octanol–water partition coefficient (Wildman–Crippen LogP) is 4.35. The maximum atomic E-state index is 12.7. The first-order valence-electron chi connectivity index (χ1n) is 10.3. The number of thiazole rings is 1. The van der Waals surface area contributed by atoms with Crippen LogP contribution in [0.2, 0.25) is 0 Å². The third-order valence-electron chi connectivity index (χ3n) is 5.12. The summed E-state index contributed by atoms with van der Waals surface area (Å²) in [5.74, 6) is -0.467. The highest BCUT2D eigenvalue weighted by Crippen LogP contribution is 2.27. The Balaban J connectivity index is 1.82. The highest BCUT2D eigenvalue weighted by atomic mass is 32.2. The van der Waals surface area contributed by atoms with E-state index in [4.69, 9.17) is 0 Å². The molecule has 32 heavy (non-hydrogen) atoms. The number of aromatic nitrogens is 1. The summed E-state index contributed by atoms with van der Waals surface area (Å²) in [6.45, 7) is 9.76. The lowest BCUT2D eigenvalue weighted by Crippen LogP contribution is -2.37. The van der Waals surface area contributed by atoms with Gasteiger partial charge in [0.1, 0.15) is 6.54 Å². The monoisotopic (exact) mass is 475 g/mol. The molecule has 172 valence electrons. The molecule has 0 aliphatic rings. The molecule has 0 unspecified atom stereocenters. The van der Waals surface area contributed by atoms with Crippen LogP contribution in [0.5, 0.6) is 0 Å². The minimum Gasteiger partial charge on any atom is -0.324 e. The van der Waals surface area contributed by atoms with Crippen molar-refractivity contribution in [3.05, 3.63) is 57.7 Å². The average Bonchev–Trinajstić information content (AvgIpc) is 2.99. The van der Waals surface area contributed by atoms with Crippen molar-refractivity contribution >= 4 is 48.9 Å². The first-order chi connectivity index (χ1) is 14.8. The Kier molecular flexibility index (Phi) is 6.53. The van der Waals surface area contributed by atoms with Gasteiger partial charge in [-0.3, -0.25) is 18.5 Å². The fourth-order valence-corrected chi connectivity index (χ4v) is 5.37. The van der Waals surface area contributed by atoms with Crippen LogP contribution in [-0.2, 0) is 20.2 Å². The van der Waals surface area contributed by atoms with Crippen molar-refractivity contribution in [2.24, 2.45) is 0 Å². The van der Waals surface area contributed by atoms with Crippen LogP contribution in [0.1, 0.15) is 46.2 Å². The second-order valence-corrected chi connectivity index (χ2v) is 12.0. The van der Waals surface area contributed by atoms with E-state index in [2.05, 4.69) is 26.1 Å². The quantitative estimate of drug-likeness (QED) is 0.574. The van der Waals surface area contributed by atoms with Crippen molar-refractivity contribution in [3.63, 3.8) is 0 Å². The zero-order valence-corrected chi connectivity index (χ0v) is 20.8. The first kappa shape index (κ1) is 24.0. The zero-order chi connectivity index (χ0) is 23.8. The SMILES string of the molecule is CC(C)n1c(=O)sc2cc(NC(=O)CN(c3ccc(C(C)(C)C)cc3)S(C)(=O)=O)ccc21. The molecule has 1 amide bonds. The Morgan fingerprint density at radius 2 is 1.75 bits per heavy atom. The van der Waals surface area contributed by atoms with Crippen molar-refractivity contribution in [3.8, 4) is 0 Å². The maximum absolute atomic E-state index is 12.7. The number of hydrogen-bond donors (Lipinski definition) is 1. The number of benzene rings is 2. The normalized spacial score (nSPS) is 12.3. The molecule has 3 aromatic rings. The number of carbonyl (C=O) groups excluding carboxylic acids is 1. The molecule has 0 atom stereocenters. The third-order valence-corrected chi connectivity index (χ3v) is 7.18. The van der Waals surface area contributed by atoms with Gasteiger partial charge in [0.2, 0.25) is 15.9 Å². The van der Waals surface area contributed by atoms with Crippen LogP contribution in [0.25, 0.3) is 10.2 Å². The molecule has 0 saturated heterocycles. The van der Waals surface area contributed by atoms with Crippen LogP contribution in [-0.4, -0.2) is 31.7 Å². The third kappa shape index (κ3) is 5.21. The van der Waals surface area contributed by atoms with Crippen LogP contribution in [0.4, 0.5) is 11.4 Å². The molecule has 1 aromatic heterocycles. The summed E-state index contributed by atoms with van der Waals surface area (Å²) in [4.78, 5) is 24.9. The molecule has 0 radical (unpaired) electrons. The molecule has 7 nitrogen and oxygen atoms in total. The number of nitrogens with zero attached hydrogens (tertiary/aromatic N) is 2. The minimum atomic E-state index is -3.67. The number of rotatable bonds is 6. The summed E-state index contributed by atoms with van der Waals surface area (Å²) in [6.07, 6.45) is 1.08. The summed E-state index contributed by atoms with van der Waals surface area (Å²) in [5.41, 5.74) is 2.75. The molecular weight excluding hydrogens is 446 g/mol. The predicted molar refractivity (Wildman–Crippen MR) is 132 cm³/mol. The van der Waals surface area contributed by atoms with E-state index in [1.165, 1.54) is 0 Å². The molecule has 0 bridgehead atoms.